The van der Waals surface area contributed by atoms with Crippen LogP contribution in [0.1, 0.15) is 24.4 Å². The van der Waals surface area contributed by atoms with Crippen LogP contribution in [0.2, 0.25) is 0 Å². The van der Waals surface area contributed by atoms with Crippen LogP contribution in [0.3, 0.4) is 0 Å². The Morgan fingerprint density at radius 2 is 2.41 bits per heavy atom. The summed E-state index contributed by atoms with van der Waals surface area (Å²) in [5, 5.41) is 3.35. The summed E-state index contributed by atoms with van der Waals surface area (Å²) in [7, 11) is 1.93. The van der Waals surface area contributed by atoms with E-state index in [-0.39, 0.29) is 18.0 Å². The second-order valence-electron chi connectivity index (χ2n) is 5.77. The minimum Gasteiger partial charge on any atom is -0.378 e. The molecule has 2 aliphatic rings. The number of benzene rings is 1. The van der Waals surface area contributed by atoms with Crippen molar-refractivity contribution in [2.75, 3.05) is 32.6 Å². The number of rotatable bonds is 3. The van der Waals surface area contributed by atoms with Gasteiger partial charge in [-0.2, -0.15) is 0 Å². The Bertz CT molecular complexity index is 549. The minimum absolute atomic E-state index is 0.142. The van der Waals surface area contributed by atoms with E-state index >= 15 is 0 Å². The van der Waals surface area contributed by atoms with Gasteiger partial charge in [-0.3, -0.25) is 4.79 Å². The van der Waals surface area contributed by atoms with Gasteiger partial charge in [-0.1, -0.05) is 15.9 Å². The fraction of sp³-hybridized carbons (Fsp3) is 0.562. The van der Waals surface area contributed by atoms with Crippen LogP contribution >= 0.6 is 27.7 Å². The molecule has 120 valence electrons. The molecular formula is C16H21BrN2O2S. The molecule has 1 amide bonds. The van der Waals surface area contributed by atoms with Gasteiger partial charge in [-0.25, -0.2) is 0 Å². The zero-order chi connectivity index (χ0) is 15.5. The number of nitrogens with one attached hydrogen (secondary N) is 1. The molecule has 1 aromatic rings. The van der Waals surface area contributed by atoms with Crippen molar-refractivity contribution in [3.63, 3.8) is 0 Å². The Morgan fingerprint density at radius 3 is 3.18 bits per heavy atom. The largest absolute Gasteiger partial charge is 0.378 e. The van der Waals surface area contributed by atoms with Crippen molar-refractivity contribution in [3.05, 3.63) is 28.2 Å². The lowest BCUT2D eigenvalue weighted by Gasteiger charge is -2.34. The second kappa shape index (κ2) is 7.34. The molecule has 1 N–H and O–H groups in total. The van der Waals surface area contributed by atoms with Crippen molar-refractivity contribution in [2.45, 2.75) is 29.8 Å². The zero-order valence-corrected chi connectivity index (χ0v) is 15.1. The number of morpholine rings is 1. The van der Waals surface area contributed by atoms with Gasteiger partial charge >= 0.3 is 0 Å². The van der Waals surface area contributed by atoms with Gasteiger partial charge in [0.25, 0.3) is 0 Å². The molecule has 0 aromatic heterocycles. The molecule has 2 heterocycles. The molecular weight excluding hydrogens is 364 g/mol. The quantitative estimate of drug-likeness (QED) is 0.869. The van der Waals surface area contributed by atoms with Crippen molar-refractivity contribution in [2.24, 2.45) is 0 Å². The maximum atomic E-state index is 12.6. The normalized spacial score (nSPS) is 24.6. The lowest BCUT2D eigenvalue weighted by atomic mass is 10.0. The average molecular weight is 385 g/mol. The molecule has 1 fully saturated rings. The van der Waals surface area contributed by atoms with E-state index in [0.29, 0.717) is 13.0 Å². The maximum Gasteiger partial charge on any atom is 0.224 e. The number of fused-ring (bicyclic) bond motifs is 1. The fourth-order valence-electron chi connectivity index (χ4n) is 3.03. The van der Waals surface area contributed by atoms with Crippen LogP contribution < -0.4 is 5.32 Å². The first-order valence-electron chi connectivity index (χ1n) is 7.64. The van der Waals surface area contributed by atoms with Crippen LogP contribution in [0.25, 0.3) is 0 Å². The van der Waals surface area contributed by atoms with Gasteiger partial charge in [0.2, 0.25) is 5.91 Å². The Labute approximate surface area is 144 Å². The number of hydrogen-bond acceptors (Lipinski definition) is 4. The first-order chi connectivity index (χ1) is 10.6. The number of nitrogens with zero attached hydrogens (tertiary/aromatic N) is 1. The summed E-state index contributed by atoms with van der Waals surface area (Å²) >= 11 is 5.42. The van der Waals surface area contributed by atoms with Gasteiger partial charge in [0.15, 0.2) is 0 Å². The van der Waals surface area contributed by atoms with Gasteiger partial charge in [0.1, 0.15) is 0 Å². The Morgan fingerprint density at radius 1 is 1.55 bits per heavy atom. The number of carbonyl (C=O) groups is 1. The molecule has 0 bridgehead atoms. The van der Waals surface area contributed by atoms with Gasteiger partial charge in [0.05, 0.1) is 19.3 Å². The summed E-state index contributed by atoms with van der Waals surface area (Å²) in [6, 6.07) is 6.68. The predicted octanol–water partition coefficient (Wildman–Crippen LogP) is 2.82. The summed E-state index contributed by atoms with van der Waals surface area (Å²) in [5.74, 6) is 1.24. The summed E-state index contributed by atoms with van der Waals surface area (Å²) < 4.78 is 6.51. The number of halogens is 1. The van der Waals surface area contributed by atoms with Crippen LogP contribution in [0.15, 0.2) is 27.6 Å². The van der Waals surface area contributed by atoms with E-state index < -0.39 is 0 Å². The zero-order valence-electron chi connectivity index (χ0n) is 12.7. The van der Waals surface area contributed by atoms with Crippen molar-refractivity contribution >= 4 is 33.6 Å². The highest BCUT2D eigenvalue weighted by atomic mass is 79.9. The van der Waals surface area contributed by atoms with E-state index in [2.05, 4.69) is 39.4 Å². The lowest BCUT2D eigenvalue weighted by Crippen LogP contribution is -2.45. The first-order valence-corrected chi connectivity index (χ1v) is 9.42. The number of thioether (sulfide) groups is 1. The molecule has 6 heteroatoms. The Kier molecular flexibility index (Phi) is 5.44. The highest BCUT2D eigenvalue weighted by Gasteiger charge is 2.29. The molecule has 22 heavy (non-hydrogen) atoms. The van der Waals surface area contributed by atoms with Crippen molar-refractivity contribution in [1.82, 2.24) is 10.2 Å². The van der Waals surface area contributed by atoms with Crippen LogP contribution in [-0.4, -0.2) is 49.4 Å². The van der Waals surface area contributed by atoms with E-state index in [4.69, 9.17) is 4.74 Å². The topological polar surface area (TPSA) is 41.6 Å². The molecule has 0 spiro atoms. The van der Waals surface area contributed by atoms with E-state index in [1.165, 1.54) is 10.5 Å². The second-order valence-corrected chi connectivity index (χ2v) is 7.82. The molecule has 1 saturated heterocycles. The highest BCUT2D eigenvalue weighted by molar-refractivity contribution is 9.10. The third kappa shape index (κ3) is 3.67. The number of ether oxygens (including phenoxy) is 1. The van der Waals surface area contributed by atoms with Gasteiger partial charge in [0, 0.05) is 41.2 Å². The van der Waals surface area contributed by atoms with E-state index in [1.807, 2.05) is 23.7 Å². The smallest absolute Gasteiger partial charge is 0.224 e. The van der Waals surface area contributed by atoms with Crippen molar-refractivity contribution in [3.8, 4) is 0 Å². The van der Waals surface area contributed by atoms with E-state index in [1.54, 1.807) is 0 Å². The van der Waals surface area contributed by atoms with E-state index in [9.17, 15) is 4.79 Å². The lowest BCUT2D eigenvalue weighted by molar-refractivity contribution is -0.133. The summed E-state index contributed by atoms with van der Waals surface area (Å²) in [4.78, 5) is 15.8. The highest BCUT2D eigenvalue weighted by Crippen LogP contribution is 2.40. The molecule has 2 unspecified atom stereocenters. The maximum absolute atomic E-state index is 12.6. The number of amides is 1. The van der Waals surface area contributed by atoms with Crippen LogP contribution in [0.5, 0.6) is 0 Å². The molecule has 0 radical (unpaired) electrons. The Hall–Kier alpha value is -0.560. The molecule has 4 nitrogen and oxygen atoms in total. The standard InChI is InChI=1S/C16H21BrN2O2S/c1-19(16(20)9-12-10-21-6-5-18-12)14-4-7-22-15-3-2-11(17)8-13(14)15/h2-3,8,12,14,18H,4-7,9-10H2,1H3. The van der Waals surface area contributed by atoms with Gasteiger partial charge in [-0.05, 0) is 30.2 Å². The number of hydrogen-bond donors (Lipinski definition) is 1. The monoisotopic (exact) mass is 384 g/mol. The first kappa shape index (κ1) is 16.3. The predicted molar refractivity (Wildman–Crippen MR) is 92.2 cm³/mol. The van der Waals surface area contributed by atoms with Crippen molar-refractivity contribution in [1.29, 1.82) is 0 Å². The molecule has 2 aliphatic heterocycles. The molecule has 1 aromatic carbocycles. The SMILES string of the molecule is CN(C(=O)CC1COCCN1)C1CCSc2ccc(Br)cc21. The van der Waals surface area contributed by atoms with Gasteiger partial charge in [-0.15, -0.1) is 11.8 Å². The van der Waals surface area contributed by atoms with Crippen LogP contribution in [-0.2, 0) is 9.53 Å². The van der Waals surface area contributed by atoms with E-state index in [0.717, 1.165) is 29.8 Å². The summed E-state index contributed by atoms with van der Waals surface area (Å²) in [5.41, 5.74) is 1.26. The molecule has 0 aliphatic carbocycles. The molecule has 2 atom stereocenters. The summed E-state index contributed by atoms with van der Waals surface area (Å²) in [6.45, 7) is 2.20. The van der Waals surface area contributed by atoms with Gasteiger partial charge < -0.3 is 15.0 Å². The average Bonchev–Trinajstić information content (AvgIpc) is 2.54. The van der Waals surface area contributed by atoms with Crippen LogP contribution in [0.4, 0.5) is 0 Å². The fourth-order valence-corrected chi connectivity index (χ4v) is 4.49. The molecule has 3 rings (SSSR count). The summed E-state index contributed by atoms with van der Waals surface area (Å²) in [6.07, 6.45) is 1.51. The van der Waals surface area contributed by atoms with Crippen molar-refractivity contribution < 1.29 is 9.53 Å². The van der Waals surface area contributed by atoms with Crippen LogP contribution in [0, 0.1) is 0 Å². The third-order valence-electron chi connectivity index (χ3n) is 4.26. The Balaban J connectivity index is 1.71. The minimum atomic E-state index is 0.142. The molecule has 0 saturated carbocycles. The third-order valence-corrected chi connectivity index (χ3v) is 5.88. The number of carbonyl (C=O) groups excluding carboxylic acids is 1.